The highest BCUT2D eigenvalue weighted by Crippen LogP contribution is 2.27. The number of hydrogen-bond donors (Lipinski definition) is 1. The van der Waals surface area contributed by atoms with E-state index in [0.717, 1.165) is 12.2 Å². The number of hydrogen-bond acceptors (Lipinski definition) is 2. The summed E-state index contributed by atoms with van der Waals surface area (Å²) in [6.07, 6.45) is 0.834. The first-order chi connectivity index (χ1) is 9.60. The Kier molecular flexibility index (Phi) is 4.80. The van der Waals surface area contributed by atoms with Gasteiger partial charge in [0, 0.05) is 6.42 Å². The predicted octanol–water partition coefficient (Wildman–Crippen LogP) is 4.08. The maximum atomic E-state index is 6.15. The molecule has 0 spiro atoms. The number of nitrogens with two attached hydrogens (primary N) is 1. The van der Waals surface area contributed by atoms with Crippen LogP contribution >= 0.6 is 0 Å². The lowest BCUT2D eigenvalue weighted by atomic mass is 9.98. The van der Waals surface area contributed by atoms with Gasteiger partial charge < -0.3 is 10.5 Å². The molecule has 0 saturated carbocycles. The minimum absolute atomic E-state index is 0.0163. The van der Waals surface area contributed by atoms with E-state index in [1.807, 2.05) is 12.1 Å². The first kappa shape index (κ1) is 14.6. The quantitative estimate of drug-likeness (QED) is 0.887. The Bertz CT molecular complexity index is 560. The molecular weight excluding hydrogens is 246 g/mol. The van der Waals surface area contributed by atoms with Gasteiger partial charge in [0.1, 0.15) is 11.9 Å². The van der Waals surface area contributed by atoms with E-state index in [1.165, 1.54) is 22.3 Å². The van der Waals surface area contributed by atoms with Crippen molar-refractivity contribution in [2.75, 3.05) is 6.54 Å². The van der Waals surface area contributed by atoms with Crippen molar-refractivity contribution >= 4 is 0 Å². The Morgan fingerprint density at radius 2 is 1.60 bits per heavy atom. The maximum absolute atomic E-state index is 6.15. The van der Waals surface area contributed by atoms with E-state index >= 15 is 0 Å². The fourth-order valence-electron chi connectivity index (χ4n) is 2.32. The second-order valence-electron chi connectivity index (χ2n) is 5.36. The average Bonchev–Trinajstić information content (AvgIpc) is 2.43. The van der Waals surface area contributed by atoms with Gasteiger partial charge in [-0.05, 0) is 50.6 Å². The second-order valence-corrected chi connectivity index (χ2v) is 5.36. The normalized spacial score (nSPS) is 12.2. The van der Waals surface area contributed by atoms with Gasteiger partial charge in [-0.2, -0.15) is 0 Å². The van der Waals surface area contributed by atoms with E-state index < -0.39 is 0 Å². The van der Waals surface area contributed by atoms with Crippen molar-refractivity contribution in [3.63, 3.8) is 0 Å². The van der Waals surface area contributed by atoms with Gasteiger partial charge in [-0.1, -0.05) is 41.5 Å². The molecule has 20 heavy (non-hydrogen) atoms. The molecule has 0 aliphatic heterocycles. The monoisotopic (exact) mass is 269 g/mol. The van der Waals surface area contributed by atoms with Crippen LogP contribution in [-0.2, 0) is 0 Å². The van der Waals surface area contributed by atoms with Crippen molar-refractivity contribution in [2.24, 2.45) is 5.73 Å². The fraction of sp³-hybridized carbons (Fsp3) is 0.333. The van der Waals surface area contributed by atoms with Crippen molar-refractivity contribution in [2.45, 2.75) is 33.3 Å². The number of ether oxygens (including phenoxy) is 1. The molecule has 2 N–H and O–H groups in total. The van der Waals surface area contributed by atoms with Gasteiger partial charge in [-0.3, -0.25) is 0 Å². The van der Waals surface area contributed by atoms with Crippen molar-refractivity contribution in [3.8, 4) is 5.75 Å². The molecule has 0 heterocycles. The smallest absolute Gasteiger partial charge is 0.125 e. The summed E-state index contributed by atoms with van der Waals surface area (Å²) in [5, 5.41) is 0. The predicted molar refractivity (Wildman–Crippen MR) is 84.1 cm³/mol. The molecule has 0 fully saturated rings. The maximum Gasteiger partial charge on any atom is 0.125 e. The molecule has 0 bridgehead atoms. The summed E-state index contributed by atoms with van der Waals surface area (Å²) in [4.78, 5) is 0. The van der Waals surface area contributed by atoms with Crippen LogP contribution in [0.5, 0.6) is 5.75 Å². The molecule has 0 aliphatic carbocycles. The highest BCUT2D eigenvalue weighted by molar-refractivity contribution is 5.34. The third-order valence-corrected chi connectivity index (χ3v) is 3.51. The molecule has 0 radical (unpaired) electrons. The molecule has 0 aromatic heterocycles. The van der Waals surface area contributed by atoms with E-state index in [0.29, 0.717) is 6.54 Å². The van der Waals surface area contributed by atoms with Crippen LogP contribution in [0.15, 0.2) is 42.5 Å². The van der Waals surface area contributed by atoms with Crippen LogP contribution in [0.3, 0.4) is 0 Å². The fourth-order valence-corrected chi connectivity index (χ4v) is 2.32. The van der Waals surface area contributed by atoms with Crippen molar-refractivity contribution in [1.82, 2.24) is 0 Å². The lowest BCUT2D eigenvalue weighted by Gasteiger charge is -2.21. The Morgan fingerprint density at radius 1 is 0.950 bits per heavy atom. The van der Waals surface area contributed by atoms with Crippen LogP contribution in [0.2, 0.25) is 0 Å². The van der Waals surface area contributed by atoms with Crippen molar-refractivity contribution in [1.29, 1.82) is 0 Å². The summed E-state index contributed by atoms with van der Waals surface area (Å²) < 4.78 is 6.15. The molecule has 2 rings (SSSR count). The number of rotatable bonds is 5. The average molecular weight is 269 g/mol. The van der Waals surface area contributed by atoms with Crippen LogP contribution in [-0.4, -0.2) is 6.54 Å². The second kappa shape index (κ2) is 6.58. The van der Waals surface area contributed by atoms with E-state index in [1.54, 1.807) is 0 Å². The highest BCUT2D eigenvalue weighted by atomic mass is 16.5. The van der Waals surface area contributed by atoms with Gasteiger partial charge in [-0.25, -0.2) is 0 Å². The molecule has 1 atom stereocenters. The van der Waals surface area contributed by atoms with Crippen LogP contribution in [0.4, 0.5) is 0 Å². The van der Waals surface area contributed by atoms with Gasteiger partial charge in [0.05, 0.1) is 0 Å². The van der Waals surface area contributed by atoms with E-state index in [-0.39, 0.29) is 6.10 Å². The zero-order chi connectivity index (χ0) is 14.5. The largest absolute Gasteiger partial charge is 0.486 e. The topological polar surface area (TPSA) is 35.2 Å². The lowest BCUT2D eigenvalue weighted by Crippen LogP contribution is -2.14. The molecule has 2 aromatic rings. The standard InChI is InChI=1S/C18H23NO/c1-13-5-8-16(9-6-13)20-18(10-11-19)17-12-14(2)4-7-15(17)3/h4-9,12,18H,10-11,19H2,1-3H3. The Hall–Kier alpha value is -1.80. The summed E-state index contributed by atoms with van der Waals surface area (Å²) in [6.45, 7) is 6.92. The van der Waals surface area contributed by atoms with Crippen LogP contribution in [0, 0.1) is 20.8 Å². The Balaban J connectivity index is 2.26. The molecule has 1 unspecified atom stereocenters. The summed E-state index contributed by atoms with van der Waals surface area (Å²) in [5.41, 5.74) is 10.7. The summed E-state index contributed by atoms with van der Waals surface area (Å²) in [6, 6.07) is 14.6. The van der Waals surface area contributed by atoms with Crippen LogP contribution in [0.25, 0.3) is 0 Å². The van der Waals surface area contributed by atoms with Gasteiger partial charge in [-0.15, -0.1) is 0 Å². The van der Waals surface area contributed by atoms with Gasteiger partial charge in [0.2, 0.25) is 0 Å². The van der Waals surface area contributed by atoms with Gasteiger partial charge >= 0.3 is 0 Å². The minimum atomic E-state index is 0.0163. The third-order valence-electron chi connectivity index (χ3n) is 3.51. The summed E-state index contributed by atoms with van der Waals surface area (Å²) in [5.74, 6) is 0.898. The summed E-state index contributed by atoms with van der Waals surface area (Å²) in [7, 11) is 0. The van der Waals surface area contributed by atoms with E-state index in [9.17, 15) is 0 Å². The van der Waals surface area contributed by atoms with Gasteiger partial charge in [0.25, 0.3) is 0 Å². The minimum Gasteiger partial charge on any atom is -0.486 e. The molecule has 2 nitrogen and oxygen atoms in total. The molecule has 0 saturated heterocycles. The van der Waals surface area contributed by atoms with Crippen molar-refractivity contribution < 1.29 is 4.74 Å². The molecule has 0 aliphatic rings. The summed E-state index contributed by atoms with van der Waals surface area (Å²) >= 11 is 0. The molecule has 0 amide bonds. The van der Waals surface area contributed by atoms with Crippen LogP contribution < -0.4 is 10.5 Å². The molecule has 2 aromatic carbocycles. The first-order valence-corrected chi connectivity index (χ1v) is 7.10. The zero-order valence-electron chi connectivity index (χ0n) is 12.5. The SMILES string of the molecule is Cc1ccc(OC(CCN)c2cc(C)ccc2C)cc1. The Morgan fingerprint density at radius 3 is 2.25 bits per heavy atom. The molecular formula is C18H23NO. The number of benzene rings is 2. The van der Waals surface area contributed by atoms with Crippen LogP contribution in [0.1, 0.15) is 34.8 Å². The first-order valence-electron chi connectivity index (χ1n) is 7.10. The van der Waals surface area contributed by atoms with Crippen molar-refractivity contribution in [3.05, 3.63) is 64.7 Å². The van der Waals surface area contributed by atoms with E-state index in [2.05, 4.69) is 51.1 Å². The lowest BCUT2D eigenvalue weighted by molar-refractivity contribution is 0.197. The number of aryl methyl sites for hydroxylation is 3. The zero-order valence-corrected chi connectivity index (χ0v) is 12.5. The third kappa shape index (κ3) is 3.61. The highest BCUT2D eigenvalue weighted by Gasteiger charge is 2.15. The van der Waals surface area contributed by atoms with E-state index in [4.69, 9.17) is 10.5 Å². The molecule has 106 valence electrons. The Labute approximate surface area is 121 Å². The van der Waals surface area contributed by atoms with Gasteiger partial charge in [0.15, 0.2) is 0 Å². The molecule has 2 heteroatoms.